The second kappa shape index (κ2) is 7.31. The number of aromatic nitrogens is 1. The Bertz CT molecular complexity index is 810. The largest absolute Gasteiger partial charge is 0.337 e. The van der Waals surface area contributed by atoms with Gasteiger partial charge in [-0.2, -0.15) is 0 Å². The minimum absolute atomic E-state index is 0.0128. The average molecular weight is 359 g/mol. The van der Waals surface area contributed by atoms with Crippen molar-refractivity contribution in [2.75, 3.05) is 13.1 Å². The summed E-state index contributed by atoms with van der Waals surface area (Å²) in [7, 11) is 0. The number of piperidine rings is 1. The van der Waals surface area contributed by atoms with Crippen LogP contribution in [0.15, 0.2) is 17.5 Å². The van der Waals surface area contributed by atoms with Crippen LogP contribution in [0.1, 0.15) is 51.4 Å². The van der Waals surface area contributed by atoms with Crippen molar-refractivity contribution in [3.05, 3.63) is 55.0 Å². The van der Waals surface area contributed by atoms with Crippen LogP contribution in [0.3, 0.4) is 0 Å². The number of benzene rings is 1. The van der Waals surface area contributed by atoms with Gasteiger partial charge in [-0.15, -0.1) is 11.3 Å². The van der Waals surface area contributed by atoms with Crippen molar-refractivity contribution < 1.29 is 9.72 Å². The van der Waals surface area contributed by atoms with Gasteiger partial charge in [0.15, 0.2) is 0 Å². The molecule has 3 rings (SSSR count). The molecule has 25 heavy (non-hydrogen) atoms. The third-order valence-corrected chi connectivity index (χ3v) is 5.46. The molecule has 0 radical (unpaired) electrons. The van der Waals surface area contributed by atoms with E-state index in [4.69, 9.17) is 0 Å². The Morgan fingerprint density at radius 1 is 1.24 bits per heavy atom. The van der Waals surface area contributed by atoms with Crippen molar-refractivity contribution in [1.29, 1.82) is 0 Å². The maximum absolute atomic E-state index is 12.5. The Morgan fingerprint density at radius 2 is 1.96 bits per heavy atom. The molecule has 0 N–H and O–H groups in total. The Balaban J connectivity index is 1.76. The first kappa shape index (κ1) is 17.5. The van der Waals surface area contributed by atoms with Crippen LogP contribution in [-0.2, 0) is 6.42 Å². The number of aryl methyl sites for hydroxylation is 2. The number of thiazole rings is 1. The Hall–Kier alpha value is -2.28. The lowest BCUT2D eigenvalue weighted by molar-refractivity contribution is -0.385. The zero-order chi connectivity index (χ0) is 18.0. The monoisotopic (exact) mass is 359 g/mol. The van der Waals surface area contributed by atoms with Gasteiger partial charge in [-0.1, -0.05) is 0 Å². The van der Waals surface area contributed by atoms with E-state index in [1.165, 1.54) is 17.8 Å². The van der Waals surface area contributed by atoms with Crippen molar-refractivity contribution in [1.82, 2.24) is 9.88 Å². The molecule has 1 aliphatic heterocycles. The summed E-state index contributed by atoms with van der Waals surface area (Å²) in [6.45, 7) is 5.24. The maximum Gasteiger partial charge on any atom is 0.273 e. The van der Waals surface area contributed by atoms with E-state index in [0.29, 0.717) is 17.7 Å². The smallest absolute Gasteiger partial charge is 0.273 e. The van der Waals surface area contributed by atoms with Crippen LogP contribution >= 0.6 is 11.3 Å². The highest BCUT2D eigenvalue weighted by Gasteiger charge is 2.21. The SMILES string of the molecule is Cc1cc([N+](=O)[O-])c(C)cc1Cc1nc(C(=O)N2CCCCC2)cs1. The second-order valence-corrected chi connectivity index (χ2v) is 7.42. The first-order valence-electron chi connectivity index (χ1n) is 8.44. The summed E-state index contributed by atoms with van der Waals surface area (Å²) in [6.07, 6.45) is 3.89. The van der Waals surface area contributed by atoms with Crippen LogP contribution in [0.25, 0.3) is 0 Å². The molecule has 1 fully saturated rings. The van der Waals surface area contributed by atoms with Crippen molar-refractivity contribution in [2.24, 2.45) is 0 Å². The van der Waals surface area contributed by atoms with Gasteiger partial charge in [0, 0.05) is 36.5 Å². The average Bonchev–Trinajstić information content (AvgIpc) is 3.06. The van der Waals surface area contributed by atoms with E-state index < -0.39 is 0 Å². The number of carbonyl (C=O) groups excluding carboxylic acids is 1. The summed E-state index contributed by atoms with van der Waals surface area (Å²) in [5.74, 6) is 0.0128. The zero-order valence-corrected chi connectivity index (χ0v) is 15.3. The lowest BCUT2D eigenvalue weighted by atomic mass is 10.0. The Kier molecular flexibility index (Phi) is 5.13. The van der Waals surface area contributed by atoms with E-state index >= 15 is 0 Å². The van der Waals surface area contributed by atoms with E-state index in [0.717, 1.165) is 42.1 Å². The number of hydrogen-bond donors (Lipinski definition) is 0. The molecule has 6 nitrogen and oxygen atoms in total. The summed E-state index contributed by atoms with van der Waals surface area (Å²) in [6, 6.07) is 3.46. The second-order valence-electron chi connectivity index (χ2n) is 6.48. The molecule has 0 aliphatic carbocycles. The van der Waals surface area contributed by atoms with Crippen molar-refractivity contribution in [2.45, 2.75) is 39.5 Å². The number of amides is 1. The number of nitro benzene ring substituents is 1. The van der Waals surface area contributed by atoms with Crippen molar-refractivity contribution in [3.63, 3.8) is 0 Å². The van der Waals surface area contributed by atoms with Gasteiger partial charge in [0.05, 0.1) is 9.93 Å². The van der Waals surface area contributed by atoms with E-state index in [2.05, 4.69) is 4.98 Å². The first-order chi connectivity index (χ1) is 12.0. The molecule has 2 heterocycles. The fourth-order valence-corrected chi connectivity index (χ4v) is 3.95. The van der Waals surface area contributed by atoms with Gasteiger partial charge in [-0.3, -0.25) is 14.9 Å². The highest BCUT2D eigenvalue weighted by Crippen LogP contribution is 2.25. The number of carbonyl (C=O) groups is 1. The molecule has 0 atom stereocenters. The van der Waals surface area contributed by atoms with Crippen LogP contribution < -0.4 is 0 Å². The lowest BCUT2D eigenvalue weighted by Crippen LogP contribution is -2.35. The van der Waals surface area contributed by atoms with Crippen LogP contribution in [0.2, 0.25) is 0 Å². The van der Waals surface area contributed by atoms with Gasteiger partial charge in [-0.05, 0) is 50.3 Å². The van der Waals surface area contributed by atoms with E-state index in [-0.39, 0.29) is 16.5 Å². The van der Waals surface area contributed by atoms with Crippen LogP contribution in [-0.4, -0.2) is 33.8 Å². The molecule has 1 aromatic carbocycles. The molecular formula is C18H21N3O3S. The molecule has 0 spiro atoms. The van der Waals surface area contributed by atoms with Gasteiger partial charge in [0.2, 0.25) is 0 Å². The predicted molar refractivity (Wildman–Crippen MR) is 97.2 cm³/mol. The van der Waals surface area contributed by atoms with Crippen molar-refractivity contribution in [3.8, 4) is 0 Å². The first-order valence-corrected chi connectivity index (χ1v) is 9.32. The maximum atomic E-state index is 12.5. The molecule has 1 amide bonds. The van der Waals surface area contributed by atoms with Gasteiger partial charge < -0.3 is 4.90 Å². The normalized spacial score (nSPS) is 14.6. The summed E-state index contributed by atoms with van der Waals surface area (Å²) < 4.78 is 0. The summed E-state index contributed by atoms with van der Waals surface area (Å²) in [5.41, 5.74) is 3.18. The highest BCUT2D eigenvalue weighted by molar-refractivity contribution is 7.09. The van der Waals surface area contributed by atoms with E-state index in [1.54, 1.807) is 13.0 Å². The fraction of sp³-hybridized carbons (Fsp3) is 0.444. The zero-order valence-electron chi connectivity index (χ0n) is 14.4. The predicted octanol–water partition coefficient (Wildman–Crippen LogP) is 3.89. The Morgan fingerprint density at radius 3 is 2.64 bits per heavy atom. The number of hydrogen-bond acceptors (Lipinski definition) is 5. The van der Waals surface area contributed by atoms with Crippen LogP contribution in [0.5, 0.6) is 0 Å². The fourth-order valence-electron chi connectivity index (χ4n) is 3.16. The summed E-state index contributed by atoms with van der Waals surface area (Å²) in [4.78, 5) is 29.6. The third kappa shape index (κ3) is 3.87. The molecule has 1 aromatic heterocycles. The van der Waals surface area contributed by atoms with Crippen molar-refractivity contribution >= 4 is 22.9 Å². The van der Waals surface area contributed by atoms with Gasteiger partial charge in [0.25, 0.3) is 11.6 Å². The van der Waals surface area contributed by atoms with E-state index in [9.17, 15) is 14.9 Å². The molecular weight excluding hydrogens is 338 g/mol. The number of rotatable bonds is 4. The molecule has 7 heteroatoms. The van der Waals surface area contributed by atoms with Crippen LogP contribution in [0, 0.1) is 24.0 Å². The van der Waals surface area contributed by atoms with Gasteiger partial charge >= 0.3 is 0 Å². The van der Waals surface area contributed by atoms with Gasteiger partial charge in [0.1, 0.15) is 5.69 Å². The Labute approximate surface area is 150 Å². The highest BCUT2D eigenvalue weighted by atomic mass is 32.1. The third-order valence-electron chi connectivity index (χ3n) is 4.61. The topological polar surface area (TPSA) is 76.3 Å². The quantitative estimate of drug-likeness (QED) is 0.613. The summed E-state index contributed by atoms with van der Waals surface area (Å²) in [5, 5.41) is 13.7. The molecule has 0 unspecified atom stereocenters. The number of likely N-dealkylation sites (tertiary alicyclic amines) is 1. The molecule has 0 saturated carbocycles. The van der Waals surface area contributed by atoms with Gasteiger partial charge in [-0.25, -0.2) is 4.98 Å². The van der Waals surface area contributed by atoms with Crippen LogP contribution in [0.4, 0.5) is 5.69 Å². The molecule has 1 aliphatic rings. The minimum atomic E-state index is -0.356. The number of nitrogens with zero attached hydrogens (tertiary/aromatic N) is 3. The molecule has 132 valence electrons. The minimum Gasteiger partial charge on any atom is -0.337 e. The van der Waals surface area contributed by atoms with E-state index in [1.807, 2.05) is 23.3 Å². The standard InChI is InChI=1S/C18H21N3O3S/c1-12-9-16(21(23)24)13(2)8-14(12)10-17-19-15(11-25-17)18(22)20-6-4-3-5-7-20/h8-9,11H,3-7,10H2,1-2H3. The molecule has 1 saturated heterocycles. The molecule has 0 bridgehead atoms. The number of nitro groups is 1. The summed E-state index contributed by atoms with van der Waals surface area (Å²) >= 11 is 1.47. The lowest BCUT2D eigenvalue weighted by Gasteiger charge is -2.25. The molecule has 2 aromatic rings.